The lowest BCUT2D eigenvalue weighted by Crippen LogP contribution is -2.31. The zero-order valence-corrected chi connectivity index (χ0v) is 11.9. The zero-order chi connectivity index (χ0) is 14.4. The van der Waals surface area contributed by atoms with E-state index in [2.05, 4.69) is 6.92 Å². The fourth-order valence-corrected chi connectivity index (χ4v) is 2.07. The van der Waals surface area contributed by atoms with Crippen molar-refractivity contribution in [3.05, 3.63) is 60.2 Å². The molecule has 0 bridgehead atoms. The Morgan fingerprint density at radius 3 is 2.25 bits per heavy atom. The average molecular weight is 269 g/mol. The van der Waals surface area contributed by atoms with Crippen molar-refractivity contribution in [2.75, 3.05) is 18.6 Å². The molecule has 0 radical (unpaired) electrons. The highest BCUT2D eigenvalue weighted by atomic mass is 16.5. The summed E-state index contributed by atoms with van der Waals surface area (Å²) in [5.41, 5.74) is 1.60. The van der Waals surface area contributed by atoms with Crippen molar-refractivity contribution in [1.82, 2.24) is 0 Å². The number of hydrogen-bond donors (Lipinski definition) is 0. The van der Waals surface area contributed by atoms with E-state index in [1.165, 1.54) is 0 Å². The van der Waals surface area contributed by atoms with E-state index in [1.807, 2.05) is 47.4 Å². The number of nitrogens with zero attached hydrogens (tertiary/aromatic N) is 1. The van der Waals surface area contributed by atoms with Gasteiger partial charge in [0.1, 0.15) is 5.75 Å². The fraction of sp³-hybridized carbons (Fsp3) is 0.235. The van der Waals surface area contributed by atoms with Crippen LogP contribution in [0.5, 0.6) is 5.75 Å². The second kappa shape index (κ2) is 6.75. The highest BCUT2D eigenvalue weighted by Gasteiger charge is 2.16. The summed E-state index contributed by atoms with van der Waals surface area (Å²) in [6.07, 6.45) is 0.913. The van der Waals surface area contributed by atoms with Crippen LogP contribution < -0.4 is 9.64 Å². The molecule has 1 amide bonds. The Hall–Kier alpha value is -2.29. The minimum atomic E-state index is 0.0145. The normalized spacial score (nSPS) is 10.1. The summed E-state index contributed by atoms with van der Waals surface area (Å²) in [5, 5.41) is 0. The number of para-hydroxylation sites is 1. The van der Waals surface area contributed by atoms with Gasteiger partial charge in [-0.25, -0.2) is 0 Å². The Balaban J connectivity index is 2.26. The lowest BCUT2D eigenvalue weighted by Gasteiger charge is -2.22. The number of anilines is 1. The van der Waals surface area contributed by atoms with Crippen molar-refractivity contribution in [3.8, 4) is 5.75 Å². The van der Waals surface area contributed by atoms with Crippen molar-refractivity contribution in [3.63, 3.8) is 0 Å². The van der Waals surface area contributed by atoms with Crippen molar-refractivity contribution in [1.29, 1.82) is 0 Å². The maximum Gasteiger partial charge on any atom is 0.258 e. The van der Waals surface area contributed by atoms with Crippen molar-refractivity contribution >= 4 is 11.6 Å². The number of rotatable bonds is 5. The molecule has 0 saturated heterocycles. The maximum absolute atomic E-state index is 12.6. The third-order valence-electron chi connectivity index (χ3n) is 3.10. The second-order valence-electron chi connectivity index (χ2n) is 4.52. The van der Waals surface area contributed by atoms with Crippen molar-refractivity contribution in [2.45, 2.75) is 13.3 Å². The third kappa shape index (κ3) is 3.18. The summed E-state index contributed by atoms with van der Waals surface area (Å²) in [5.74, 6) is 0.768. The minimum Gasteiger partial charge on any atom is -0.497 e. The number of amides is 1. The average Bonchev–Trinajstić information content (AvgIpc) is 2.53. The van der Waals surface area contributed by atoms with Gasteiger partial charge in [-0.15, -0.1) is 0 Å². The highest BCUT2D eigenvalue weighted by Crippen LogP contribution is 2.19. The molecule has 0 spiro atoms. The van der Waals surface area contributed by atoms with Crippen LogP contribution in [0.3, 0.4) is 0 Å². The molecule has 0 fully saturated rings. The summed E-state index contributed by atoms with van der Waals surface area (Å²) in [4.78, 5) is 14.4. The van der Waals surface area contributed by atoms with E-state index in [-0.39, 0.29) is 5.91 Å². The van der Waals surface area contributed by atoms with E-state index in [0.29, 0.717) is 12.1 Å². The third-order valence-corrected chi connectivity index (χ3v) is 3.10. The van der Waals surface area contributed by atoms with Gasteiger partial charge < -0.3 is 9.64 Å². The molecule has 0 aliphatic carbocycles. The van der Waals surface area contributed by atoms with Crippen LogP contribution in [0.4, 0.5) is 5.69 Å². The molecular weight excluding hydrogens is 250 g/mol. The van der Waals surface area contributed by atoms with Crippen LogP contribution in [0.15, 0.2) is 54.6 Å². The standard InChI is InChI=1S/C17H19NO2/c1-3-13-18(15-7-5-4-6-8-15)17(19)14-9-11-16(20-2)12-10-14/h4-12H,3,13H2,1-2H3. The number of benzene rings is 2. The van der Waals surface area contributed by atoms with Crippen LogP contribution in [0.2, 0.25) is 0 Å². The van der Waals surface area contributed by atoms with Gasteiger partial charge in [0.15, 0.2) is 0 Å². The Kier molecular flexibility index (Phi) is 4.77. The molecule has 20 heavy (non-hydrogen) atoms. The first kappa shape index (κ1) is 14.1. The molecule has 0 heterocycles. The van der Waals surface area contributed by atoms with E-state index >= 15 is 0 Å². The number of carbonyl (C=O) groups is 1. The molecule has 104 valence electrons. The molecule has 0 unspecified atom stereocenters. The molecule has 0 aliphatic heterocycles. The van der Waals surface area contributed by atoms with E-state index in [9.17, 15) is 4.79 Å². The molecule has 0 atom stereocenters. The molecule has 3 heteroatoms. The molecule has 0 saturated carbocycles. The van der Waals surface area contributed by atoms with Gasteiger partial charge >= 0.3 is 0 Å². The van der Waals surface area contributed by atoms with Crippen LogP contribution in [0.25, 0.3) is 0 Å². The molecule has 0 N–H and O–H groups in total. The van der Waals surface area contributed by atoms with Crippen LogP contribution in [0, 0.1) is 0 Å². The summed E-state index contributed by atoms with van der Waals surface area (Å²) >= 11 is 0. The van der Waals surface area contributed by atoms with E-state index in [4.69, 9.17) is 4.74 Å². The topological polar surface area (TPSA) is 29.5 Å². The van der Waals surface area contributed by atoms with Gasteiger partial charge in [0.05, 0.1) is 7.11 Å². The number of hydrogen-bond acceptors (Lipinski definition) is 2. The molecule has 2 aromatic carbocycles. The molecule has 3 nitrogen and oxygen atoms in total. The Bertz CT molecular complexity index is 549. The SMILES string of the molecule is CCCN(C(=O)c1ccc(OC)cc1)c1ccccc1. The first-order chi connectivity index (χ1) is 9.76. The van der Waals surface area contributed by atoms with Gasteiger partial charge in [0.25, 0.3) is 5.91 Å². The lowest BCUT2D eigenvalue weighted by molar-refractivity contribution is 0.0987. The Labute approximate surface area is 119 Å². The van der Waals surface area contributed by atoms with Gasteiger partial charge in [0, 0.05) is 17.8 Å². The maximum atomic E-state index is 12.6. The van der Waals surface area contributed by atoms with Gasteiger partial charge in [-0.1, -0.05) is 25.1 Å². The van der Waals surface area contributed by atoms with E-state index in [0.717, 1.165) is 17.9 Å². The molecule has 0 aromatic heterocycles. The first-order valence-corrected chi connectivity index (χ1v) is 6.77. The Morgan fingerprint density at radius 2 is 1.70 bits per heavy atom. The smallest absolute Gasteiger partial charge is 0.258 e. The monoisotopic (exact) mass is 269 g/mol. The quantitative estimate of drug-likeness (QED) is 0.827. The lowest BCUT2D eigenvalue weighted by atomic mass is 10.1. The number of methoxy groups -OCH3 is 1. The number of ether oxygens (including phenoxy) is 1. The summed E-state index contributed by atoms with van der Waals surface area (Å²) < 4.78 is 5.12. The zero-order valence-electron chi connectivity index (χ0n) is 11.9. The predicted octanol–water partition coefficient (Wildman–Crippen LogP) is 3.75. The molecule has 0 aliphatic rings. The van der Waals surface area contributed by atoms with Gasteiger partial charge in [0.2, 0.25) is 0 Å². The summed E-state index contributed by atoms with van der Waals surface area (Å²) in [6, 6.07) is 17.0. The molecule has 2 rings (SSSR count). The van der Waals surface area contributed by atoms with E-state index in [1.54, 1.807) is 19.2 Å². The molecular formula is C17H19NO2. The molecule has 2 aromatic rings. The summed E-state index contributed by atoms with van der Waals surface area (Å²) in [7, 11) is 1.62. The van der Waals surface area contributed by atoms with Gasteiger partial charge in [-0.05, 0) is 42.8 Å². The second-order valence-corrected chi connectivity index (χ2v) is 4.52. The van der Waals surface area contributed by atoms with Crippen molar-refractivity contribution < 1.29 is 9.53 Å². The van der Waals surface area contributed by atoms with Crippen LogP contribution in [-0.4, -0.2) is 19.6 Å². The predicted molar refractivity (Wildman–Crippen MR) is 81.4 cm³/mol. The van der Waals surface area contributed by atoms with Crippen molar-refractivity contribution in [2.24, 2.45) is 0 Å². The van der Waals surface area contributed by atoms with Gasteiger partial charge in [-0.3, -0.25) is 4.79 Å². The largest absolute Gasteiger partial charge is 0.497 e. The van der Waals surface area contributed by atoms with Crippen LogP contribution >= 0.6 is 0 Å². The summed E-state index contributed by atoms with van der Waals surface area (Å²) in [6.45, 7) is 2.77. The minimum absolute atomic E-state index is 0.0145. The fourth-order valence-electron chi connectivity index (χ4n) is 2.07. The van der Waals surface area contributed by atoms with Gasteiger partial charge in [-0.2, -0.15) is 0 Å². The first-order valence-electron chi connectivity index (χ1n) is 6.77. The highest BCUT2D eigenvalue weighted by molar-refractivity contribution is 6.06. The van der Waals surface area contributed by atoms with E-state index < -0.39 is 0 Å². The van der Waals surface area contributed by atoms with Crippen LogP contribution in [-0.2, 0) is 0 Å². The van der Waals surface area contributed by atoms with Crippen LogP contribution in [0.1, 0.15) is 23.7 Å². The Morgan fingerprint density at radius 1 is 1.05 bits per heavy atom. The number of carbonyl (C=O) groups excluding carboxylic acids is 1.